The first-order valence-electron chi connectivity index (χ1n) is 5.46. The number of rotatable bonds is 2. The molecule has 0 aliphatic rings. The molecule has 2 rings (SSSR count). The Hall–Kier alpha value is -2.03. The molecule has 0 radical (unpaired) electrons. The minimum atomic E-state index is -0.266. The molecule has 2 aromatic carbocycles. The summed E-state index contributed by atoms with van der Waals surface area (Å²) in [7, 11) is 0. The molecule has 2 aromatic rings. The van der Waals surface area contributed by atoms with Crippen molar-refractivity contribution in [3.05, 3.63) is 53.3 Å². The van der Waals surface area contributed by atoms with Gasteiger partial charge in [-0.05, 0) is 49.2 Å². The number of benzene rings is 2. The largest absolute Gasteiger partial charge is 0.398 e. The minimum absolute atomic E-state index is 0.266. The van der Waals surface area contributed by atoms with Gasteiger partial charge in [0.2, 0.25) is 0 Å². The van der Waals surface area contributed by atoms with E-state index in [9.17, 15) is 4.39 Å². The van der Waals surface area contributed by atoms with Gasteiger partial charge in [0.05, 0.1) is 5.69 Å². The highest BCUT2D eigenvalue weighted by molar-refractivity contribution is 5.69. The maximum atomic E-state index is 13.6. The lowest BCUT2D eigenvalue weighted by Gasteiger charge is -2.12. The summed E-state index contributed by atoms with van der Waals surface area (Å²) < 4.78 is 13.6. The van der Waals surface area contributed by atoms with E-state index in [0.717, 1.165) is 16.8 Å². The quantitative estimate of drug-likeness (QED) is 0.771. The fraction of sp³-hybridized carbons (Fsp3) is 0.143. The fourth-order valence-electron chi connectivity index (χ4n) is 1.67. The van der Waals surface area contributed by atoms with Crippen LogP contribution in [0.4, 0.5) is 21.5 Å². The van der Waals surface area contributed by atoms with Crippen LogP contribution in [0.3, 0.4) is 0 Å². The Morgan fingerprint density at radius 1 is 1.06 bits per heavy atom. The molecule has 88 valence electrons. The minimum Gasteiger partial charge on any atom is -0.398 e. The number of hydrogen-bond acceptors (Lipinski definition) is 2. The second-order valence-electron chi connectivity index (χ2n) is 4.13. The molecule has 17 heavy (non-hydrogen) atoms. The zero-order chi connectivity index (χ0) is 12.4. The summed E-state index contributed by atoms with van der Waals surface area (Å²) in [6.07, 6.45) is 0. The van der Waals surface area contributed by atoms with Crippen molar-refractivity contribution in [1.29, 1.82) is 0 Å². The molecule has 0 unspecified atom stereocenters. The second-order valence-corrected chi connectivity index (χ2v) is 4.13. The molecular weight excluding hydrogens is 215 g/mol. The first-order valence-corrected chi connectivity index (χ1v) is 5.46. The fourth-order valence-corrected chi connectivity index (χ4v) is 1.67. The Morgan fingerprint density at radius 2 is 1.82 bits per heavy atom. The van der Waals surface area contributed by atoms with Crippen LogP contribution < -0.4 is 11.1 Å². The third-order valence-corrected chi connectivity index (χ3v) is 2.77. The van der Waals surface area contributed by atoms with Gasteiger partial charge in [0.1, 0.15) is 5.82 Å². The van der Waals surface area contributed by atoms with E-state index in [1.54, 1.807) is 12.1 Å². The highest BCUT2D eigenvalue weighted by Crippen LogP contribution is 2.26. The standard InChI is InChI=1S/C14H15FN2/c1-9-6-7-11(15)14(8-9)17-13-5-3-4-12(16)10(13)2/h3-8,17H,16H2,1-2H3. The molecule has 0 aliphatic heterocycles. The van der Waals surface area contributed by atoms with Crippen LogP contribution in [0, 0.1) is 19.7 Å². The van der Waals surface area contributed by atoms with Crippen molar-refractivity contribution in [2.45, 2.75) is 13.8 Å². The lowest BCUT2D eigenvalue weighted by atomic mass is 10.1. The predicted octanol–water partition coefficient (Wildman–Crippen LogP) is 3.77. The first-order chi connectivity index (χ1) is 8.08. The molecular formula is C14H15FN2. The van der Waals surface area contributed by atoms with E-state index in [1.165, 1.54) is 6.07 Å². The summed E-state index contributed by atoms with van der Waals surface area (Å²) in [6, 6.07) is 10.5. The molecule has 0 bridgehead atoms. The molecule has 2 nitrogen and oxygen atoms in total. The van der Waals surface area contributed by atoms with Crippen molar-refractivity contribution in [1.82, 2.24) is 0 Å². The van der Waals surface area contributed by atoms with Gasteiger partial charge < -0.3 is 11.1 Å². The number of halogens is 1. The number of aryl methyl sites for hydroxylation is 1. The van der Waals surface area contributed by atoms with Gasteiger partial charge in [0, 0.05) is 11.4 Å². The molecule has 0 saturated carbocycles. The van der Waals surface area contributed by atoms with Gasteiger partial charge in [-0.1, -0.05) is 12.1 Å². The van der Waals surface area contributed by atoms with Gasteiger partial charge in [-0.15, -0.1) is 0 Å². The normalized spacial score (nSPS) is 10.3. The van der Waals surface area contributed by atoms with Gasteiger partial charge in [0.25, 0.3) is 0 Å². The number of hydrogen-bond donors (Lipinski definition) is 2. The second kappa shape index (κ2) is 4.45. The molecule has 0 spiro atoms. The highest BCUT2D eigenvalue weighted by atomic mass is 19.1. The predicted molar refractivity (Wildman–Crippen MR) is 70.0 cm³/mol. The molecule has 0 aromatic heterocycles. The van der Waals surface area contributed by atoms with Crippen LogP contribution in [0.1, 0.15) is 11.1 Å². The number of nitrogens with two attached hydrogens (primary N) is 1. The average Bonchev–Trinajstić information content (AvgIpc) is 2.30. The molecule has 0 amide bonds. The van der Waals surface area contributed by atoms with Crippen LogP contribution in [0.5, 0.6) is 0 Å². The zero-order valence-corrected chi connectivity index (χ0v) is 9.92. The lowest BCUT2D eigenvalue weighted by molar-refractivity contribution is 0.631. The molecule has 3 N–H and O–H groups in total. The van der Waals surface area contributed by atoms with Crippen molar-refractivity contribution in [3.8, 4) is 0 Å². The van der Waals surface area contributed by atoms with E-state index in [1.807, 2.05) is 32.0 Å². The Kier molecular flexibility index (Phi) is 3.00. The summed E-state index contributed by atoms with van der Waals surface area (Å²) >= 11 is 0. The molecule has 3 heteroatoms. The maximum absolute atomic E-state index is 13.6. The molecule has 0 fully saturated rings. The Balaban J connectivity index is 2.38. The van der Waals surface area contributed by atoms with E-state index in [2.05, 4.69) is 5.32 Å². The van der Waals surface area contributed by atoms with Gasteiger partial charge in [-0.2, -0.15) is 0 Å². The SMILES string of the molecule is Cc1ccc(F)c(Nc2cccc(N)c2C)c1. The van der Waals surface area contributed by atoms with E-state index in [-0.39, 0.29) is 5.82 Å². The monoisotopic (exact) mass is 230 g/mol. The van der Waals surface area contributed by atoms with Crippen molar-refractivity contribution in [2.24, 2.45) is 0 Å². The molecule has 0 aliphatic carbocycles. The Morgan fingerprint density at radius 3 is 2.59 bits per heavy atom. The molecule has 0 saturated heterocycles. The van der Waals surface area contributed by atoms with Crippen LogP contribution in [0.15, 0.2) is 36.4 Å². The Bertz CT molecular complexity index is 550. The van der Waals surface area contributed by atoms with Crippen LogP contribution in [-0.2, 0) is 0 Å². The summed E-state index contributed by atoms with van der Waals surface area (Å²) in [5.41, 5.74) is 9.74. The summed E-state index contributed by atoms with van der Waals surface area (Å²) in [4.78, 5) is 0. The smallest absolute Gasteiger partial charge is 0.146 e. The summed E-state index contributed by atoms with van der Waals surface area (Å²) in [6.45, 7) is 3.84. The number of nitrogens with one attached hydrogen (secondary N) is 1. The zero-order valence-electron chi connectivity index (χ0n) is 9.92. The van der Waals surface area contributed by atoms with Crippen molar-refractivity contribution >= 4 is 17.1 Å². The third-order valence-electron chi connectivity index (χ3n) is 2.77. The van der Waals surface area contributed by atoms with Gasteiger partial charge in [0.15, 0.2) is 0 Å². The summed E-state index contributed by atoms with van der Waals surface area (Å²) in [5.74, 6) is -0.266. The highest BCUT2D eigenvalue weighted by Gasteiger charge is 2.05. The van der Waals surface area contributed by atoms with Gasteiger partial charge in [-0.25, -0.2) is 4.39 Å². The third kappa shape index (κ3) is 2.38. The number of anilines is 3. The topological polar surface area (TPSA) is 38.0 Å². The van der Waals surface area contributed by atoms with Crippen LogP contribution in [0.25, 0.3) is 0 Å². The van der Waals surface area contributed by atoms with Crippen molar-refractivity contribution < 1.29 is 4.39 Å². The van der Waals surface area contributed by atoms with Crippen molar-refractivity contribution in [3.63, 3.8) is 0 Å². The first kappa shape index (κ1) is 11.5. The average molecular weight is 230 g/mol. The van der Waals surface area contributed by atoms with Crippen LogP contribution in [0.2, 0.25) is 0 Å². The molecule has 0 heterocycles. The Labute approximate surface area is 100 Å². The van der Waals surface area contributed by atoms with Gasteiger partial charge >= 0.3 is 0 Å². The number of nitrogen functional groups attached to an aromatic ring is 1. The van der Waals surface area contributed by atoms with E-state index in [4.69, 9.17) is 5.73 Å². The van der Waals surface area contributed by atoms with Crippen LogP contribution in [-0.4, -0.2) is 0 Å². The van der Waals surface area contributed by atoms with E-state index in [0.29, 0.717) is 11.4 Å². The lowest BCUT2D eigenvalue weighted by Crippen LogP contribution is -1.99. The maximum Gasteiger partial charge on any atom is 0.146 e. The van der Waals surface area contributed by atoms with Crippen LogP contribution >= 0.6 is 0 Å². The van der Waals surface area contributed by atoms with E-state index >= 15 is 0 Å². The summed E-state index contributed by atoms with van der Waals surface area (Å²) in [5, 5.41) is 3.07. The van der Waals surface area contributed by atoms with Crippen molar-refractivity contribution in [2.75, 3.05) is 11.1 Å². The van der Waals surface area contributed by atoms with Gasteiger partial charge in [-0.3, -0.25) is 0 Å². The van der Waals surface area contributed by atoms with E-state index < -0.39 is 0 Å². The molecule has 0 atom stereocenters.